The molecule has 1 nitrogen and oxygen atoms in total. The van der Waals surface area contributed by atoms with Gasteiger partial charge in [-0.25, -0.2) is 0 Å². The summed E-state index contributed by atoms with van der Waals surface area (Å²) < 4.78 is 1.10. The summed E-state index contributed by atoms with van der Waals surface area (Å²) in [5.41, 5.74) is 1.26. The van der Waals surface area contributed by atoms with Crippen molar-refractivity contribution in [1.29, 1.82) is 0 Å². The van der Waals surface area contributed by atoms with Crippen LogP contribution in [0.15, 0.2) is 28.7 Å². The highest BCUT2D eigenvalue weighted by Gasteiger charge is 2.09. The molecule has 1 N–H and O–H groups in total. The average molecular weight is 341 g/mol. The topological polar surface area (TPSA) is 20.2 Å². The number of aliphatic hydroxyl groups is 1. The molecule has 0 aliphatic rings. The fraction of sp³-hybridized carbons (Fsp3) is 0.667. The molecule has 0 aliphatic heterocycles. The van der Waals surface area contributed by atoms with Crippen molar-refractivity contribution < 1.29 is 5.11 Å². The monoisotopic (exact) mass is 340 g/mol. The van der Waals surface area contributed by atoms with E-state index in [1.165, 1.54) is 56.9 Å². The van der Waals surface area contributed by atoms with Gasteiger partial charge in [-0.3, -0.25) is 0 Å². The molecule has 114 valence electrons. The smallest absolute Gasteiger partial charge is 0.0499 e. The van der Waals surface area contributed by atoms with Crippen molar-refractivity contribution in [2.45, 2.75) is 70.6 Å². The second kappa shape index (κ2) is 11.3. The van der Waals surface area contributed by atoms with E-state index in [1.54, 1.807) is 0 Å². The van der Waals surface area contributed by atoms with E-state index >= 15 is 0 Å². The molecule has 1 atom stereocenters. The summed E-state index contributed by atoms with van der Waals surface area (Å²) >= 11 is 3.45. The predicted octanol–water partition coefficient (Wildman–Crippen LogP) is 6.06. The van der Waals surface area contributed by atoms with E-state index in [0.29, 0.717) is 5.92 Å². The Morgan fingerprint density at radius 1 is 0.900 bits per heavy atom. The molecule has 1 unspecified atom stereocenters. The number of hydrogen-bond acceptors (Lipinski definition) is 1. The second-order valence-corrected chi connectivity index (χ2v) is 6.61. The minimum Gasteiger partial charge on any atom is -0.396 e. The molecule has 1 aromatic carbocycles. The van der Waals surface area contributed by atoms with E-state index in [9.17, 15) is 5.11 Å². The van der Waals surface area contributed by atoms with Gasteiger partial charge in [0.15, 0.2) is 0 Å². The van der Waals surface area contributed by atoms with Crippen LogP contribution in [0, 0.1) is 0 Å². The lowest BCUT2D eigenvalue weighted by atomic mass is 9.93. The molecule has 0 amide bonds. The van der Waals surface area contributed by atoms with Crippen molar-refractivity contribution in [3.8, 4) is 0 Å². The Morgan fingerprint density at radius 3 is 2.00 bits per heavy atom. The quantitative estimate of drug-likeness (QED) is 0.485. The minimum absolute atomic E-state index is 0.262. The Balaban J connectivity index is 2.14. The predicted molar refractivity (Wildman–Crippen MR) is 91.2 cm³/mol. The van der Waals surface area contributed by atoms with Crippen LogP contribution in [0.1, 0.15) is 76.2 Å². The molecule has 0 heterocycles. The van der Waals surface area contributed by atoms with Gasteiger partial charge in [-0.15, -0.1) is 0 Å². The van der Waals surface area contributed by atoms with Crippen LogP contribution < -0.4 is 0 Å². The third kappa shape index (κ3) is 7.44. The van der Waals surface area contributed by atoms with Crippen molar-refractivity contribution in [2.75, 3.05) is 6.61 Å². The van der Waals surface area contributed by atoms with Crippen LogP contribution in [0.2, 0.25) is 0 Å². The first-order valence-corrected chi connectivity index (χ1v) is 8.93. The lowest BCUT2D eigenvalue weighted by Gasteiger charge is -2.14. The molecule has 0 radical (unpaired) electrons. The zero-order valence-electron chi connectivity index (χ0n) is 12.8. The fourth-order valence-electron chi connectivity index (χ4n) is 2.62. The number of rotatable bonds is 11. The lowest BCUT2D eigenvalue weighted by Crippen LogP contribution is -2.04. The van der Waals surface area contributed by atoms with Gasteiger partial charge in [-0.1, -0.05) is 86.4 Å². The summed E-state index contributed by atoms with van der Waals surface area (Å²) in [6.07, 6.45) is 11.9. The maximum Gasteiger partial charge on any atom is 0.0499 e. The Labute approximate surface area is 132 Å². The maximum atomic E-state index is 9.54. The average Bonchev–Trinajstić information content (AvgIpc) is 2.47. The van der Waals surface area contributed by atoms with Crippen molar-refractivity contribution in [1.82, 2.24) is 0 Å². The van der Waals surface area contributed by atoms with E-state index < -0.39 is 0 Å². The van der Waals surface area contributed by atoms with Crippen molar-refractivity contribution in [3.63, 3.8) is 0 Å². The molecule has 0 bridgehead atoms. The normalized spacial score (nSPS) is 12.6. The Bertz CT molecular complexity index is 334. The number of benzene rings is 1. The fourth-order valence-corrected chi connectivity index (χ4v) is 2.89. The van der Waals surface area contributed by atoms with Gasteiger partial charge in [0, 0.05) is 17.0 Å². The minimum atomic E-state index is 0.262. The zero-order chi connectivity index (χ0) is 14.6. The van der Waals surface area contributed by atoms with E-state index in [0.717, 1.165) is 10.9 Å². The van der Waals surface area contributed by atoms with Gasteiger partial charge in [0.1, 0.15) is 0 Å². The highest BCUT2D eigenvalue weighted by atomic mass is 79.9. The van der Waals surface area contributed by atoms with Gasteiger partial charge < -0.3 is 5.11 Å². The molecule has 0 saturated carbocycles. The van der Waals surface area contributed by atoms with Crippen LogP contribution in [-0.2, 0) is 0 Å². The molecule has 1 rings (SSSR count). The third-order valence-corrected chi connectivity index (χ3v) is 4.50. The molecule has 1 aromatic rings. The first-order chi connectivity index (χ1) is 9.77. The van der Waals surface area contributed by atoms with Crippen LogP contribution in [-0.4, -0.2) is 11.7 Å². The van der Waals surface area contributed by atoms with Crippen molar-refractivity contribution >= 4 is 15.9 Å². The third-order valence-electron chi connectivity index (χ3n) is 3.97. The first kappa shape index (κ1) is 17.7. The van der Waals surface area contributed by atoms with E-state index in [-0.39, 0.29) is 6.61 Å². The SMILES string of the molecule is CCCCCCCCCCC(CO)c1ccc(Br)cc1. The van der Waals surface area contributed by atoms with Gasteiger partial charge in [0.05, 0.1) is 0 Å². The summed E-state index contributed by atoms with van der Waals surface area (Å²) in [5, 5.41) is 9.54. The Kier molecular flexibility index (Phi) is 10.0. The molecule has 0 aliphatic carbocycles. The van der Waals surface area contributed by atoms with Gasteiger partial charge in [-0.05, 0) is 24.1 Å². The number of unbranched alkanes of at least 4 members (excludes halogenated alkanes) is 7. The standard InChI is InChI=1S/C18H29BrO/c1-2-3-4-5-6-7-8-9-10-17(15-20)16-11-13-18(19)14-12-16/h11-14,17,20H,2-10,15H2,1H3. The second-order valence-electron chi connectivity index (χ2n) is 5.69. The van der Waals surface area contributed by atoms with Crippen LogP contribution in [0.3, 0.4) is 0 Å². The first-order valence-electron chi connectivity index (χ1n) is 8.14. The molecular weight excluding hydrogens is 312 g/mol. The van der Waals surface area contributed by atoms with Crippen LogP contribution >= 0.6 is 15.9 Å². The van der Waals surface area contributed by atoms with Crippen molar-refractivity contribution in [3.05, 3.63) is 34.3 Å². The summed E-state index contributed by atoms with van der Waals surface area (Å²) in [6.45, 7) is 2.52. The molecular formula is C18H29BrO. The Hall–Kier alpha value is -0.340. The number of aliphatic hydroxyl groups excluding tert-OH is 1. The number of halogens is 1. The van der Waals surface area contributed by atoms with Crippen molar-refractivity contribution in [2.24, 2.45) is 0 Å². The summed E-state index contributed by atoms with van der Waals surface area (Å²) in [4.78, 5) is 0. The lowest BCUT2D eigenvalue weighted by molar-refractivity contribution is 0.256. The maximum absolute atomic E-state index is 9.54. The van der Waals surface area contributed by atoms with Gasteiger partial charge in [-0.2, -0.15) is 0 Å². The van der Waals surface area contributed by atoms with Gasteiger partial charge >= 0.3 is 0 Å². The van der Waals surface area contributed by atoms with Crippen LogP contribution in [0.25, 0.3) is 0 Å². The van der Waals surface area contributed by atoms with E-state index in [2.05, 4.69) is 47.1 Å². The highest BCUT2D eigenvalue weighted by Crippen LogP contribution is 2.24. The summed E-state index contributed by atoms with van der Waals surface area (Å²) in [5.74, 6) is 0.309. The largest absolute Gasteiger partial charge is 0.396 e. The molecule has 20 heavy (non-hydrogen) atoms. The van der Waals surface area contributed by atoms with Crippen LogP contribution in [0.5, 0.6) is 0 Å². The van der Waals surface area contributed by atoms with E-state index in [1.807, 2.05) is 0 Å². The van der Waals surface area contributed by atoms with E-state index in [4.69, 9.17) is 0 Å². The van der Waals surface area contributed by atoms with Crippen LogP contribution in [0.4, 0.5) is 0 Å². The molecule has 0 spiro atoms. The molecule has 0 aromatic heterocycles. The summed E-state index contributed by atoms with van der Waals surface area (Å²) in [6, 6.07) is 8.36. The van der Waals surface area contributed by atoms with Gasteiger partial charge in [0.25, 0.3) is 0 Å². The Morgan fingerprint density at radius 2 is 1.45 bits per heavy atom. The van der Waals surface area contributed by atoms with Gasteiger partial charge in [0.2, 0.25) is 0 Å². The number of hydrogen-bond donors (Lipinski definition) is 1. The summed E-state index contributed by atoms with van der Waals surface area (Å²) in [7, 11) is 0. The molecule has 0 fully saturated rings. The highest BCUT2D eigenvalue weighted by molar-refractivity contribution is 9.10. The zero-order valence-corrected chi connectivity index (χ0v) is 14.4. The molecule has 0 saturated heterocycles. The molecule has 2 heteroatoms.